The fourth-order valence-electron chi connectivity index (χ4n) is 2.20. The van der Waals surface area contributed by atoms with E-state index in [4.69, 9.17) is 16.7 Å². The molecule has 1 aromatic carbocycles. The summed E-state index contributed by atoms with van der Waals surface area (Å²) in [4.78, 5) is 2.24. The maximum atomic E-state index is 9.01. The second kappa shape index (κ2) is 9.22. The first-order valence-electron chi connectivity index (χ1n) is 7.46. The summed E-state index contributed by atoms with van der Waals surface area (Å²) < 4.78 is 0. The summed E-state index contributed by atoms with van der Waals surface area (Å²) in [6.07, 6.45) is 1.89. The van der Waals surface area contributed by atoms with Crippen LogP contribution >= 0.6 is 11.6 Å². The molecular weight excluding hydrogens is 272 g/mol. The van der Waals surface area contributed by atoms with Crippen LogP contribution in [0.4, 0.5) is 5.69 Å². The summed E-state index contributed by atoms with van der Waals surface area (Å²) in [5, 5.41) is 13.2. The largest absolute Gasteiger partial charge is 0.396 e. The van der Waals surface area contributed by atoms with Crippen molar-refractivity contribution in [3.05, 3.63) is 28.8 Å². The smallest absolute Gasteiger partial charge is 0.0642 e. The van der Waals surface area contributed by atoms with Crippen molar-refractivity contribution in [3.8, 4) is 0 Å². The highest BCUT2D eigenvalue weighted by atomic mass is 35.5. The molecule has 0 aliphatic heterocycles. The first-order valence-corrected chi connectivity index (χ1v) is 7.84. The van der Waals surface area contributed by atoms with Crippen LogP contribution in [0.15, 0.2) is 18.2 Å². The number of halogens is 1. The SMILES string of the molecule is CCCNCc1ccc(N(CCCO)C(C)C)c(Cl)c1. The third-order valence-corrected chi connectivity index (χ3v) is 3.56. The van der Waals surface area contributed by atoms with Gasteiger partial charge in [0, 0.05) is 25.7 Å². The molecule has 0 radical (unpaired) electrons. The van der Waals surface area contributed by atoms with Gasteiger partial charge in [-0.05, 0) is 50.9 Å². The summed E-state index contributed by atoms with van der Waals surface area (Å²) in [6.45, 7) is 9.35. The molecule has 1 aromatic rings. The third-order valence-electron chi connectivity index (χ3n) is 3.26. The highest BCUT2D eigenvalue weighted by Crippen LogP contribution is 2.28. The molecule has 0 amide bonds. The minimum Gasteiger partial charge on any atom is -0.396 e. The maximum absolute atomic E-state index is 9.01. The molecule has 0 aliphatic rings. The molecule has 0 atom stereocenters. The molecule has 4 heteroatoms. The van der Waals surface area contributed by atoms with Crippen LogP contribution in [0.1, 0.15) is 39.2 Å². The van der Waals surface area contributed by atoms with Gasteiger partial charge in [-0.3, -0.25) is 0 Å². The quantitative estimate of drug-likeness (QED) is 0.686. The van der Waals surface area contributed by atoms with Crippen LogP contribution < -0.4 is 10.2 Å². The first-order chi connectivity index (χ1) is 9.60. The number of hydrogen-bond acceptors (Lipinski definition) is 3. The molecule has 20 heavy (non-hydrogen) atoms. The van der Waals surface area contributed by atoms with E-state index in [2.05, 4.69) is 43.1 Å². The average Bonchev–Trinajstić information content (AvgIpc) is 2.41. The maximum Gasteiger partial charge on any atom is 0.0642 e. The zero-order valence-corrected chi connectivity index (χ0v) is 13.6. The van der Waals surface area contributed by atoms with Crippen LogP contribution in [-0.4, -0.2) is 30.8 Å². The predicted octanol–water partition coefficient (Wildman–Crippen LogP) is 3.44. The summed E-state index contributed by atoms with van der Waals surface area (Å²) in [7, 11) is 0. The zero-order chi connectivity index (χ0) is 15.0. The molecule has 0 aromatic heterocycles. The fraction of sp³-hybridized carbons (Fsp3) is 0.625. The lowest BCUT2D eigenvalue weighted by Gasteiger charge is -2.30. The molecule has 0 heterocycles. The summed E-state index contributed by atoms with van der Waals surface area (Å²) in [6, 6.07) is 6.61. The van der Waals surface area contributed by atoms with Gasteiger partial charge in [-0.1, -0.05) is 24.6 Å². The topological polar surface area (TPSA) is 35.5 Å². The van der Waals surface area contributed by atoms with Crippen molar-refractivity contribution >= 4 is 17.3 Å². The summed E-state index contributed by atoms with van der Waals surface area (Å²) >= 11 is 6.43. The van der Waals surface area contributed by atoms with Gasteiger partial charge in [-0.25, -0.2) is 0 Å². The van der Waals surface area contributed by atoms with Crippen LogP contribution in [0.5, 0.6) is 0 Å². The van der Waals surface area contributed by atoms with Crippen molar-refractivity contribution in [2.24, 2.45) is 0 Å². The van der Waals surface area contributed by atoms with Gasteiger partial charge in [0.05, 0.1) is 10.7 Å². The van der Waals surface area contributed by atoms with E-state index in [1.165, 1.54) is 5.56 Å². The van der Waals surface area contributed by atoms with Gasteiger partial charge in [0.2, 0.25) is 0 Å². The molecular formula is C16H27ClN2O. The molecule has 0 fully saturated rings. The lowest BCUT2D eigenvalue weighted by atomic mass is 10.1. The van der Waals surface area contributed by atoms with Crippen molar-refractivity contribution in [2.45, 2.75) is 46.2 Å². The van der Waals surface area contributed by atoms with E-state index in [1.807, 2.05) is 6.07 Å². The fourth-order valence-corrected chi connectivity index (χ4v) is 2.51. The van der Waals surface area contributed by atoms with Crippen molar-refractivity contribution in [2.75, 3.05) is 24.6 Å². The van der Waals surface area contributed by atoms with Crippen molar-refractivity contribution in [1.29, 1.82) is 0 Å². The highest BCUT2D eigenvalue weighted by molar-refractivity contribution is 6.33. The lowest BCUT2D eigenvalue weighted by molar-refractivity contribution is 0.288. The van der Waals surface area contributed by atoms with Gasteiger partial charge < -0.3 is 15.3 Å². The Labute approximate surface area is 127 Å². The molecule has 0 bridgehead atoms. The standard InChI is InChI=1S/C16H27ClN2O/c1-4-8-18-12-14-6-7-16(15(17)11-14)19(13(2)3)9-5-10-20/h6-7,11,13,18,20H,4-5,8-10,12H2,1-3H3. The number of rotatable bonds is 9. The Morgan fingerprint density at radius 2 is 2.10 bits per heavy atom. The highest BCUT2D eigenvalue weighted by Gasteiger charge is 2.13. The molecule has 0 unspecified atom stereocenters. The Hall–Kier alpha value is -0.770. The van der Waals surface area contributed by atoms with E-state index < -0.39 is 0 Å². The van der Waals surface area contributed by atoms with Crippen molar-refractivity contribution in [1.82, 2.24) is 5.32 Å². The van der Waals surface area contributed by atoms with E-state index in [-0.39, 0.29) is 6.61 Å². The van der Waals surface area contributed by atoms with Gasteiger partial charge in [0.15, 0.2) is 0 Å². The predicted molar refractivity (Wildman–Crippen MR) is 87.6 cm³/mol. The Balaban J connectivity index is 2.78. The van der Waals surface area contributed by atoms with E-state index in [0.29, 0.717) is 6.04 Å². The van der Waals surface area contributed by atoms with Crippen molar-refractivity contribution in [3.63, 3.8) is 0 Å². The van der Waals surface area contributed by atoms with Crippen molar-refractivity contribution < 1.29 is 5.11 Å². The lowest BCUT2D eigenvalue weighted by Crippen LogP contribution is -2.32. The van der Waals surface area contributed by atoms with Crippen LogP contribution in [0, 0.1) is 0 Å². The Morgan fingerprint density at radius 3 is 2.65 bits per heavy atom. The third kappa shape index (κ3) is 5.31. The normalized spacial score (nSPS) is 11.1. The molecule has 0 saturated heterocycles. The van der Waals surface area contributed by atoms with E-state index >= 15 is 0 Å². The number of aliphatic hydroxyl groups is 1. The van der Waals surface area contributed by atoms with Gasteiger partial charge in [0.1, 0.15) is 0 Å². The van der Waals surface area contributed by atoms with Gasteiger partial charge >= 0.3 is 0 Å². The Kier molecular flexibility index (Phi) is 7.97. The number of anilines is 1. The number of aliphatic hydroxyl groups excluding tert-OH is 1. The second-order valence-corrected chi connectivity index (χ2v) is 5.73. The molecule has 3 nitrogen and oxygen atoms in total. The van der Waals surface area contributed by atoms with Gasteiger partial charge in [-0.15, -0.1) is 0 Å². The molecule has 0 saturated carbocycles. The molecule has 2 N–H and O–H groups in total. The van der Waals surface area contributed by atoms with Gasteiger partial charge in [0.25, 0.3) is 0 Å². The van der Waals surface area contributed by atoms with E-state index in [9.17, 15) is 0 Å². The number of nitrogens with one attached hydrogen (secondary N) is 1. The van der Waals surface area contributed by atoms with Crippen LogP contribution in [0.3, 0.4) is 0 Å². The minimum absolute atomic E-state index is 0.208. The summed E-state index contributed by atoms with van der Waals surface area (Å²) in [5.41, 5.74) is 2.26. The van der Waals surface area contributed by atoms with E-state index in [1.54, 1.807) is 0 Å². The van der Waals surface area contributed by atoms with Gasteiger partial charge in [-0.2, -0.15) is 0 Å². The number of hydrogen-bond donors (Lipinski definition) is 2. The van der Waals surface area contributed by atoms with Crippen LogP contribution in [0.25, 0.3) is 0 Å². The molecule has 0 aliphatic carbocycles. The number of nitrogens with zero attached hydrogens (tertiary/aromatic N) is 1. The number of benzene rings is 1. The van der Waals surface area contributed by atoms with Crippen LogP contribution in [-0.2, 0) is 6.54 Å². The summed E-state index contributed by atoms with van der Waals surface area (Å²) in [5.74, 6) is 0. The molecule has 114 valence electrons. The Bertz CT molecular complexity index is 396. The minimum atomic E-state index is 0.208. The molecule has 0 spiro atoms. The molecule has 1 rings (SSSR count). The van der Waals surface area contributed by atoms with E-state index in [0.717, 1.165) is 43.2 Å². The zero-order valence-electron chi connectivity index (χ0n) is 12.8. The first kappa shape index (κ1) is 17.3. The average molecular weight is 299 g/mol. The monoisotopic (exact) mass is 298 g/mol. The van der Waals surface area contributed by atoms with Crippen LogP contribution in [0.2, 0.25) is 5.02 Å². The Morgan fingerprint density at radius 1 is 1.35 bits per heavy atom. The second-order valence-electron chi connectivity index (χ2n) is 5.33.